The van der Waals surface area contributed by atoms with Gasteiger partial charge in [0.1, 0.15) is 0 Å². The second kappa shape index (κ2) is 6.50. The summed E-state index contributed by atoms with van der Waals surface area (Å²) < 4.78 is 34.3. The number of cyclic esters (lactones) is 1. The van der Waals surface area contributed by atoms with Crippen LogP contribution in [-0.2, 0) is 52.4 Å². The summed E-state index contributed by atoms with van der Waals surface area (Å²) in [5.41, 5.74) is 0. The van der Waals surface area contributed by atoms with Gasteiger partial charge >= 0.3 is 5.97 Å². The van der Waals surface area contributed by atoms with E-state index in [2.05, 4.69) is 6.42 Å². The summed E-state index contributed by atoms with van der Waals surface area (Å²) in [6.07, 6.45) is 4.80. The zero-order chi connectivity index (χ0) is 13.5. The molecule has 3 aliphatic rings. The van der Waals surface area contributed by atoms with Crippen LogP contribution in [0.2, 0.25) is 0 Å². The SMILES string of the molecule is C[C-](C)S(=O)(=O)[O-].O=C1OCC2C3C[CH-]C(C3)C12.[Y]. The van der Waals surface area contributed by atoms with E-state index in [1.54, 1.807) is 0 Å². The van der Waals surface area contributed by atoms with Crippen LogP contribution in [0.4, 0.5) is 0 Å². The van der Waals surface area contributed by atoms with Crippen molar-refractivity contribution in [3.8, 4) is 0 Å². The Kier molecular flexibility index (Phi) is 6.00. The Morgan fingerprint density at radius 1 is 1.42 bits per heavy atom. The van der Waals surface area contributed by atoms with Gasteiger partial charge < -0.3 is 15.7 Å². The maximum atomic E-state index is 11.2. The van der Waals surface area contributed by atoms with Gasteiger partial charge in [-0.25, -0.2) is 5.25 Å². The van der Waals surface area contributed by atoms with Gasteiger partial charge in [0.2, 0.25) is 0 Å². The molecule has 0 N–H and O–H groups in total. The fourth-order valence-corrected chi connectivity index (χ4v) is 3.01. The Bertz CT molecular complexity index is 433. The molecule has 1 heterocycles. The average molecular weight is 362 g/mol. The average Bonchev–Trinajstić information content (AvgIpc) is 2.91. The topological polar surface area (TPSA) is 83.5 Å². The van der Waals surface area contributed by atoms with Crippen LogP contribution in [0, 0.1) is 35.3 Å². The summed E-state index contributed by atoms with van der Waals surface area (Å²) in [4.78, 5) is 11.2. The van der Waals surface area contributed by atoms with E-state index in [0.717, 1.165) is 5.92 Å². The molecule has 1 saturated heterocycles. The molecule has 107 valence electrons. The molecule has 4 atom stereocenters. The summed E-state index contributed by atoms with van der Waals surface area (Å²) in [7, 11) is -4.07. The molecule has 2 aliphatic carbocycles. The van der Waals surface area contributed by atoms with Crippen LogP contribution in [0.1, 0.15) is 26.7 Å². The van der Waals surface area contributed by atoms with E-state index in [9.17, 15) is 17.8 Å². The van der Waals surface area contributed by atoms with Gasteiger partial charge in [0.25, 0.3) is 0 Å². The van der Waals surface area contributed by atoms with E-state index in [1.807, 2.05) is 0 Å². The first-order chi connectivity index (χ1) is 8.30. The largest absolute Gasteiger partial charge is 0.774 e. The Labute approximate surface area is 139 Å². The van der Waals surface area contributed by atoms with E-state index >= 15 is 0 Å². The third-order valence-electron chi connectivity index (χ3n) is 4.03. The van der Waals surface area contributed by atoms with Crippen LogP contribution in [0.5, 0.6) is 0 Å². The van der Waals surface area contributed by atoms with Crippen LogP contribution < -0.4 is 0 Å². The maximum Gasteiger partial charge on any atom is 0.307 e. The van der Waals surface area contributed by atoms with Crippen LogP contribution in [-0.4, -0.2) is 25.5 Å². The van der Waals surface area contributed by atoms with Crippen LogP contribution >= 0.6 is 0 Å². The van der Waals surface area contributed by atoms with E-state index in [4.69, 9.17) is 4.74 Å². The zero-order valence-electron chi connectivity index (χ0n) is 11.0. The van der Waals surface area contributed by atoms with Crippen molar-refractivity contribution in [3.05, 3.63) is 11.7 Å². The third kappa shape index (κ3) is 3.77. The van der Waals surface area contributed by atoms with Gasteiger partial charge in [0.05, 0.1) is 6.61 Å². The molecule has 0 aromatic carbocycles. The number of hydrogen-bond donors (Lipinski definition) is 0. The van der Waals surface area contributed by atoms with Gasteiger partial charge in [0, 0.05) is 44.5 Å². The molecule has 2 bridgehead atoms. The summed E-state index contributed by atoms with van der Waals surface area (Å²) >= 11 is 0. The zero-order valence-corrected chi connectivity index (χ0v) is 14.7. The molecule has 19 heavy (non-hydrogen) atoms. The number of hydrogen-bond acceptors (Lipinski definition) is 5. The smallest absolute Gasteiger partial charge is 0.307 e. The molecule has 4 unspecified atom stereocenters. The van der Waals surface area contributed by atoms with Gasteiger partial charge in [-0.3, -0.25) is 13.2 Å². The van der Waals surface area contributed by atoms with Crippen molar-refractivity contribution in [1.82, 2.24) is 0 Å². The van der Waals surface area contributed by atoms with Gasteiger partial charge in [-0.2, -0.15) is 26.2 Å². The molecular weight excluding hydrogens is 345 g/mol. The molecule has 5 nitrogen and oxygen atoms in total. The second-order valence-corrected chi connectivity index (χ2v) is 7.04. The van der Waals surface area contributed by atoms with Crippen LogP contribution in [0.15, 0.2) is 0 Å². The summed E-state index contributed by atoms with van der Waals surface area (Å²) in [6.45, 7) is 3.24. The molecule has 1 aliphatic heterocycles. The second-order valence-electron chi connectivity index (χ2n) is 5.31. The summed E-state index contributed by atoms with van der Waals surface area (Å²) in [6, 6.07) is 0. The standard InChI is InChI=1S/C9H11O2.C3H7O3S.Y/c10-9-8-6-2-1-5(3-6)7(8)4-11-9;1-3(2)7(4,5)6;/h2,5-8H,1,3-4H2;1-2H3,(H,4,5,6);/q2*-1;/p-1. The van der Waals surface area contributed by atoms with Crippen molar-refractivity contribution in [2.75, 3.05) is 6.61 Å². The van der Waals surface area contributed by atoms with Crippen molar-refractivity contribution in [1.29, 1.82) is 0 Å². The van der Waals surface area contributed by atoms with Gasteiger partial charge in [-0.05, 0) is 10.1 Å². The molecule has 0 spiro atoms. The minimum Gasteiger partial charge on any atom is -0.774 e. The molecule has 0 aromatic rings. The molecule has 3 fully saturated rings. The molecular formula is C12H17O5SY-3. The number of fused-ring (bicyclic) bond motifs is 5. The van der Waals surface area contributed by atoms with Crippen molar-refractivity contribution in [2.45, 2.75) is 26.7 Å². The van der Waals surface area contributed by atoms with Crippen molar-refractivity contribution >= 4 is 16.1 Å². The maximum absolute atomic E-state index is 11.2. The first kappa shape index (κ1) is 17.5. The minimum atomic E-state index is -4.07. The first-order valence-corrected chi connectivity index (χ1v) is 7.47. The third-order valence-corrected chi connectivity index (χ3v) is 5.03. The quantitative estimate of drug-likeness (QED) is 0.397. The molecule has 7 heteroatoms. The van der Waals surface area contributed by atoms with E-state index in [1.165, 1.54) is 26.7 Å². The molecule has 2 saturated carbocycles. The fourth-order valence-electron chi connectivity index (χ4n) is 3.01. The molecule has 0 amide bonds. The monoisotopic (exact) mass is 362 g/mol. The Hall–Kier alpha value is 0.484. The summed E-state index contributed by atoms with van der Waals surface area (Å²) in [5.74, 6) is 2.25. The number of esters is 1. The van der Waals surface area contributed by atoms with E-state index in [0.29, 0.717) is 18.4 Å². The predicted molar refractivity (Wildman–Crippen MR) is 62.7 cm³/mol. The van der Waals surface area contributed by atoms with Crippen LogP contribution in [0.3, 0.4) is 0 Å². The number of carbonyl (C=O) groups excluding carboxylic acids is 1. The number of rotatable bonds is 1. The number of carbonyl (C=O) groups is 1. The Morgan fingerprint density at radius 2 is 2.00 bits per heavy atom. The molecule has 1 radical (unpaired) electrons. The van der Waals surface area contributed by atoms with Crippen molar-refractivity contribution in [2.24, 2.45) is 23.7 Å². The summed E-state index contributed by atoms with van der Waals surface area (Å²) in [5, 5.41) is -0.0903. The fraction of sp³-hybridized carbons (Fsp3) is 0.750. The Balaban J connectivity index is 0.000000202. The van der Waals surface area contributed by atoms with Gasteiger partial charge in [0.15, 0.2) is 0 Å². The molecule has 0 aromatic heterocycles. The first-order valence-electron chi connectivity index (χ1n) is 6.06. The Morgan fingerprint density at radius 3 is 2.47 bits per heavy atom. The van der Waals surface area contributed by atoms with Crippen LogP contribution in [0.25, 0.3) is 0 Å². The predicted octanol–water partition coefficient (Wildman–Crippen LogP) is 1.12. The van der Waals surface area contributed by atoms with Gasteiger partial charge in [-0.15, -0.1) is 0 Å². The van der Waals surface area contributed by atoms with E-state index < -0.39 is 10.1 Å². The molecule has 3 rings (SSSR count). The normalized spacial score (nSPS) is 35.3. The van der Waals surface area contributed by atoms with E-state index in [-0.39, 0.29) is 49.8 Å². The number of ether oxygens (including phenoxy) is 1. The minimum absolute atomic E-state index is 0. The van der Waals surface area contributed by atoms with Crippen molar-refractivity contribution < 1.29 is 55.2 Å². The van der Waals surface area contributed by atoms with Gasteiger partial charge in [-0.1, -0.05) is 12.3 Å². The van der Waals surface area contributed by atoms with Crippen molar-refractivity contribution in [3.63, 3.8) is 0 Å².